The molecule has 1 aliphatic heterocycles. The van der Waals surface area contributed by atoms with Gasteiger partial charge >= 0.3 is 0 Å². The zero-order valence-corrected chi connectivity index (χ0v) is 11.2. The van der Waals surface area contributed by atoms with Crippen LogP contribution >= 0.6 is 11.8 Å². The molecule has 1 fully saturated rings. The predicted octanol–water partition coefficient (Wildman–Crippen LogP) is 2.38. The number of aryl methyl sites for hydroxylation is 1. The summed E-state index contributed by atoms with van der Waals surface area (Å²) in [6, 6.07) is 4.47. The second-order valence-corrected chi connectivity index (χ2v) is 5.70. The number of nitrogens with zero attached hydrogens (tertiary/aromatic N) is 2. The number of thioether (sulfide) groups is 1. The smallest absolute Gasteiger partial charge is 0.233 e. The molecule has 4 nitrogen and oxygen atoms in total. The van der Waals surface area contributed by atoms with Gasteiger partial charge in [0.15, 0.2) is 0 Å². The van der Waals surface area contributed by atoms with Gasteiger partial charge in [0.2, 0.25) is 11.7 Å². The molecule has 2 atom stereocenters. The average Bonchev–Trinajstić information content (AvgIpc) is 3.00. The van der Waals surface area contributed by atoms with Crippen molar-refractivity contribution in [2.24, 2.45) is 0 Å². The first-order valence-electron chi connectivity index (χ1n) is 6.01. The van der Waals surface area contributed by atoms with Crippen LogP contribution in [0.2, 0.25) is 0 Å². The number of hydrogen-bond donors (Lipinski definition) is 1. The van der Waals surface area contributed by atoms with E-state index in [-0.39, 0.29) is 11.7 Å². The predicted molar refractivity (Wildman–Crippen MR) is 70.5 cm³/mol. The molecule has 0 bridgehead atoms. The van der Waals surface area contributed by atoms with Crippen LogP contribution in [0.4, 0.5) is 4.39 Å². The van der Waals surface area contributed by atoms with Gasteiger partial charge in [0, 0.05) is 17.1 Å². The van der Waals surface area contributed by atoms with Crippen LogP contribution in [0.3, 0.4) is 0 Å². The van der Waals surface area contributed by atoms with Crippen LogP contribution in [-0.2, 0) is 0 Å². The summed E-state index contributed by atoms with van der Waals surface area (Å²) in [5, 5.41) is 13.7. The van der Waals surface area contributed by atoms with E-state index < -0.39 is 6.10 Å². The van der Waals surface area contributed by atoms with Gasteiger partial charge in [-0.15, -0.1) is 0 Å². The minimum atomic E-state index is -0.452. The van der Waals surface area contributed by atoms with Gasteiger partial charge in [-0.1, -0.05) is 11.2 Å². The third kappa shape index (κ3) is 2.37. The SMILES string of the molecule is Cc1ccc(F)cc1-c1noc(C2CSCC2O)n1. The Balaban J connectivity index is 1.94. The molecule has 2 unspecified atom stereocenters. The van der Waals surface area contributed by atoms with E-state index in [0.29, 0.717) is 23.0 Å². The maximum Gasteiger partial charge on any atom is 0.233 e. The minimum Gasteiger partial charge on any atom is -0.391 e. The molecule has 0 saturated carbocycles. The lowest BCUT2D eigenvalue weighted by Crippen LogP contribution is -2.15. The third-order valence-corrected chi connectivity index (χ3v) is 4.42. The summed E-state index contributed by atoms with van der Waals surface area (Å²) in [7, 11) is 0. The number of aliphatic hydroxyl groups excluding tert-OH is 1. The van der Waals surface area contributed by atoms with E-state index in [1.165, 1.54) is 12.1 Å². The summed E-state index contributed by atoms with van der Waals surface area (Å²) in [5.74, 6) is 1.79. The monoisotopic (exact) mass is 280 g/mol. The number of rotatable bonds is 2. The lowest BCUT2D eigenvalue weighted by atomic mass is 10.1. The summed E-state index contributed by atoms with van der Waals surface area (Å²) >= 11 is 1.66. The van der Waals surface area contributed by atoms with Crippen molar-refractivity contribution in [1.29, 1.82) is 0 Å². The normalized spacial score (nSPS) is 22.9. The maximum absolute atomic E-state index is 13.3. The van der Waals surface area contributed by atoms with E-state index in [4.69, 9.17) is 4.52 Å². The van der Waals surface area contributed by atoms with Crippen LogP contribution in [0, 0.1) is 12.7 Å². The van der Waals surface area contributed by atoms with Gasteiger partial charge in [0.1, 0.15) is 5.82 Å². The molecule has 1 aromatic heterocycles. The lowest BCUT2D eigenvalue weighted by molar-refractivity contribution is 0.164. The van der Waals surface area contributed by atoms with Gasteiger partial charge in [-0.2, -0.15) is 16.7 Å². The van der Waals surface area contributed by atoms with E-state index in [0.717, 1.165) is 11.3 Å². The first-order valence-corrected chi connectivity index (χ1v) is 7.16. The lowest BCUT2D eigenvalue weighted by Gasteiger charge is -2.06. The van der Waals surface area contributed by atoms with Crippen LogP contribution in [-0.4, -0.2) is 32.9 Å². The summed E-state index contributed by atoms with van der Waals surface area (Å²) in [6.45, 7) is 1.87. The molecule has 1 aliphatic rings. The summed E-state index contributed by atoms with van der Waals surface area (Å²) in [5.41, 5.74) is 1.50. The minimum absolute atomic E-state index is 0.125. The Morgan fingerprint density at radius 1 is 1.42 bits per heavy atom. The summed E-state index contributed by atoms with van der Waals surface area (Å²) in [6.07, 6.45) is -0.452. The Morgan fingerprint density at radius 3 is 3.00 bits per heavy atom. The Hall–Kier alpha value is -1.40. The van der Waals surface area contributed by atoms with Gasteiger partial charge in [-0.3, -0.25) is 0 Å². The summed E-state index contributed by atoms with van der Waals surface area (Å²) in [4.78, 5) is 4.30. The molecule has 0 radical (unpaired) electrons. The number of aromatic nitrogens is 2. The van der Waals surface area contributed by atoms with Gasteiger partial charge in [-0.05, 0) is 24.6 Å². The van der Waals surface area contributed by atoms with E-state index in [1.54, 1.807) is 17.8 Å². The molecule has 0 spiro atoms. The Kier molecular flexibility index (Phi) is 3.28. The van der Waals surface area contributed by atoms with E-state index >= 15 is 0 Å². The number of hydrogen-bond acceptors (Lipinski definition) is 5. The highest BCUT2D eigenvalue weighted by Gasteiger charge is 2.32. The molecule has 2 aromatic rings. The van der Waals surface area contributed by atoms with Crippen molar-refractivity contribution in [3.63, 3.8) is 0 Å². The van der Waals surface area contributed by atoms with Gasteiger partial charge in [-0.25, -0.2) is 4.39 Å². The van der Waals surface area contributed by atoms with Crippen molar-refractivity contribution < 1.29 is 14.0 Å². The van der Waals surface area contributed by atoms with Crippen LogP contribution in [0.25, 0.3) is 11.4 Å². The van der Waals surface area contributed by atoms with E-state index in [1.807, 2.05) is 6.92 Å². The van der Waals surface area contributed by atoms with Crippen molar-refractivity contribution in [2.75, 3.05) is 11.5 Å². The first-order chi connectivity index (χ1) is 9.15. The van der Waals surface area contributed by atoms with Gasteiger partial charge in [0.05, 0.1) is 12.0 Å². The van der Waals surface area contributed by atoms with Crippen LogP contribution in [0.1, 0.15) is 17.4 Å². The molecule has 3 rings (SSSR count). The first kappa shape index (κ1) is 12.6. The standard InChI is InChI=1S/C13H13FN2O2S/c1-7-2-3-8(14)4-9(7)12-15-13(18-16-12)10-5-19-6-11(10)17/h2-4,10-11,17H,5-6H2,1H3. The Labute approximate surface area is 114 Å². The fraction of sp³-hybridized carbons (Fsp3) is 0.385. The van der Waals surface area contributed by atoms with Crippen LogP contribution in [0.15, 0.2) is 22.7 Å². The van der Waals surface area contributed by atoms with Gasteiger partial charge < -0.3 is 9.63 Å². The molecule has 1 aromatic carbocycles. The van der Waals surface area contributed by atoms with Crippen molar-refractivity contribution in [2.45, 2.75) is 18.9 Å². The molecule has 1 saturated heterocycles. The molecule has 19 heavy (non-hydrogen) atoms. The number of aliphatic hydroxyl groups is 1. The Bertz CT molecular complexity index is 602. The zero-order valence-electron chi connectivity index (χ0n) is 10.3. The molecule has 0 aliphatic carbocycles. The average molecular weight is 280 g/mol. The number of halogens is 1. The summed E-state index contributed by atoms with van der Waals surface area (Å²) < 4.78 is 18.5. The zero-order chi connectivity index (χ0) is 13.4. The molecule has 100 valence electrons. The van der Waals surface area contributed by atoms with Crippen molar-refractivity contribution in [3.8, 4) is 11.4 Å². The molecule has 1 N–H and O–H groups in total. The van der Waals surface area contributed by atoms with E-state index in [2.05, 4.69) is 10.1 Å². The van der Waals surface area contributed by atoms with Crippen molar-refractivity contribution in [1.82, 2.24) is 10.1 Å². The molecule has 2 heterocycles. The second kappa shape index (κ2) is 4.94. The molecular formula is C13H13FN2O2S. The highest BCUT2D eigenvalue weighted by Crippen LogP contribution is 2.33. The second-order valence-electron chi connectivity index (χ2n) is 4.63. The topological polar surface area (TPSA) is 59.2 Å². The highest BCUT2D eigenvalue weighted by atomic mass is 32.2. The largest absolute Gasteiger partial charge is 0.391 e. The third-order valence-electron chi connectivity index (χ3n) is 3.25. The van der Waals surface area contributed by atoms with E-state index in [9.17, 15) is 9.50 Å². The fourth-order valence-corrected chi connectivity index (χ4v) is 3.34. The number of benzene rings is 1. The molecule has 6 heteroatoms. The highest BCUT2D eigenvalue weighted by molar-refractivity contribution is 7.99. The van der Waals surface area contributed by atoms with Crippen LogP contribution in [0.5, 0.6) is 0 Å². The van der Waals surface area contributed by atoms with Crippen molar-refractivity contribution in [3.05, 3.63) is 35.5 Å². The molecule has 0 amide bonds. The maximum atomic E-state index is 13.3. The van der Waals surface area contributed by atoms with Gasteiger partial charge in [0.25, 0.3) is 0 Å². The quantitative estimate of drug-likeness (QED) is 0.915. The van der Waals surface area contributed by atoms with Crippen molar-refractivity contribution >= 4 is 11.8 Å². The molecular weight excluding hydrogens is 267 g/mol. The Morgan fingerprint density at radius 2 is 2.26 bits per heavy atom. The fourth-order valence-electron chi connectivity index (χ4n) is 2.11. The van der Waals surface area contributed by atoms with Crippen LogP contribution < -0.4 is 0 Å².